The second kappa shape index (κ2) is 5.72. The van der Waals surface area contributed by atoms with Crippen molar-refractivity contribution in [3.05, 3.63) is 30.3 Å². The van der Waals surface area contributed by atoms with E-state index in [0.717, 1.165) is 5.69 Å². The molecule has 0 bridgehead atoms. The van der Waals surface area contributed by atoms with Crippen molar-refractivity contribution in [3.8, 4) is 5.69 Å². The molecule has 6 nitrogen and oxygen atoms in total. The highest BCUT2D eigenvalue weighted by molar-refractivity contribution is 7.84. The largest absolute Gasteiger partial charge is 0.352 e. The molecule has 0 fully saturated rings. The van der Waals surface area contributed by atoms with Crippen LogP contribution in [0.4, 0.5) is 5.95 Å². The number of benzene rings is 1. The number of aromatic nitrogens is 4. The number of hydrogen-bond acceptors (Lipinski definition) is 5. The van der Waals surface area contributed by atoms with Crippen molar-refractivity contribution < 1.29 is 4.21 Å². The summed E-state index contributed by atoms with van der Waals surface area (Å²) in [5, 5.41) is 14.6. The Hall–Kier alpha value is -1.76. The van der Waals surface area contributed by atoms with Gasteiger partial charge in [0.15, 0.2) is 0 Å². The zero-order valence-corrected chi connectivity index (χ0v) is 11.1. The molecule has 1 heterocycles. The van der Waals surface area contributed by atoms with E-state index in [9.17, 15) is 4.21 Å². The lowest BCUT2D eigenvalue weighted by atomic mass is 10.3. The zero-order chi connectivity index (χ0) is 13.0. The number of nitrogens with one attached hydrogen (secondary N) is 1. The maximum absolute atomic E-state index is 11.3. The van der Waals surface area contributed by atoms with Gasteiger partial charge in [0, 0.05) is 28.9 Å². The molecule has 2 rings (SSSR count). The van der Waals surface area contributed by atoms with Crippen molar-refractivity contribution in [1.82, 2.24) is 20.2 Å². The second-order valence-corrected chi connectivity index (χ2v) is 5.74. The van der Waals surface area contributed by atoms with Gasteiger partial charge < -0.3 is 5.32 Å². The van der Waals surface area contributed by atoms with Crippen LogP contribution in [0.2, 0.25) is 0 Å². The summed E-state index contributed by atoms with van der Waals surface area (Å²) in [7, 11) is -0.863. The van der Waals surface area contributed by atoms with Gasteiger partial charge in [-0.15, -0.1) is 0 Å². The monoisotopic (exact) mass is 265 g/mol. The second-order valence-electron chi connectivity index (χ2n) is 3.94. The van der Waals surface area contributed by atoms with E-state index in [0.29, 0.717) is 12.5 Å². The van der Waals surface area contributed by atoms with E-state index in [1.165, 1.54) is 0 Å². The van der Waals surface area contributed by atoms with Gasteiger partial charge in [0.2, 0.25) is 5.95 Å². The van der Waals surface area contributed by atoms with Crippen LogP contribution in [-0.4, -0.2) is 42.5 Å². The summed E-state index contributed by atoms with van der Waals surface area (Å²) in [5.74, 6) is 0.554. The molecule has 7 heteroatoms. The molecule has 0 aliphatic heterocycles. The predicted molar refractivity (Wildman–Crippen MR) is 71.2 cm³/mol. The van der Waals surface area contributed by atoms with Gasteiger partial charge in [0.05, 0.1) is 5.69 Å². The van der Waals surface area contributed by atoms with Crippen LogP contribution in [-0.2, 0) is 10.8 Å². The third-order valence-electron chi connectivity index (χ3n) is 2.58. The van der Waals surface area contributed by atoms with Crippen LogP contribution in [0, 0.1) is 0 Å². The van der Waals surface area contributed by atoms with E-state index >= 15 is 0 Å². The number of para-hydroxylation sites is 1. The summed E-state index contributed by atoms with van der Waals surface area (Å²) in [6.45, 7) is 2.48. The first kappa shape index (κ1) is 12.7. The molecule has 0 saturated heterocycles. The molecule has 2 unspecified atom stereocenters. The molecule has 0 aliphatic carbocycles. The van der Waals surface area contributed by atoms with Crippen LogP contribution in [0.15, 0.2) is 30.3 Å². The summed E-state index contributed by atoms with van der Waals surface area (Å²) < 4.78 is 12.9. The Morgan fingerprint density at radius 2 is 2.11 bits per heavy atom. The van der Waals surface area contributed by atoms with Gasteiger partial charge >= 0.3 is 0 Å². The summed E-state index contributed by atoms with van der Waals surface area (Å²) in [4.78, 5) is 0. The van der Waals surface area contributed by atoms with Crippen molar-refractivity contribution >= 4 is 16.7 Å². The minimum absolute atomic E-state index is 0.0472. The predicted octanol–water partition coefficient (Wildman–Crippen LogP) is 0.841. The van der Waals surface area contributed by atoms with Gasteiger partial charge in [-0.2, -0.15) is 4.68 Å². The Morgan fingerprint density at radius 1 is 1.39 bits per heavy atom. The maximum Gasteiger partial charge on any atom is 0.247 e. The normalized spacial score (nSPS) is 14.1. The lowest BCUT2D eigenvalue weighted by Crippen LogP contribution is -2.22. The third kappa shape index (κ3) is 2.92. The van der Waals surface area contributed by atoms with Crippen molar-refractivity contribution in [2.45, 2.75) is 12.2 Å². The molecule has 0 aliphatic rings. The summed E-state index contributed by atoms with van der Waals surface area (Å²) in [6, 6.07) is 9.62. The number of hydrogen-bond donors (Lipinski definition) is 1. The first-order chi connectivity index (χ1) is 8.68. The van der Waals surface area contributed by atoms with E-state index in [2.05, 4.69) is 20.8 Å². The van der Waals surface area contributed by atoms with Crippen molar-refractivity contribution in [2.24, 2.45) is 0 Å². The SMILES string of the molecule is CC(CNc1nnnn1-c1ccccc1)S(C)=O. The van der Waals surface area contributed by atoms with Crippen LogP contribution in [0.25, 0.3) is 5.69 Å². The molecule has 2 aromatic rings. The average molecular weight is 265 g/mol. The number of nitrogens with zero attached hydrogens (tertiary/aromatic N) is 4. The molecular formula is C11H15N5OS. The fourth-order valence-corrected chi connectivity index (χ4v) is 1.71. The lowest BCUT2D eigenvalue weighted by molar-refractivity contribution is 0.678. The molecule has 0 amide bonds. The van der Waals surface area contributed by atoms with Gasteiger partial charge in [-0.3, -0.25) is 4.21 Å². The van der Waals surface area contributed by atoms with Crippen molar-refractivity contribution in [1.29, 1.82) is 0 Å². The minimum Gasteiger partial charge on any atom is -0.352 e. The zero-order valence-electron chi connectivity index (χ0n) is 10.3. The summed E-state index contributed by atoms with van der Waals surface area (Å²) in [5.41, 5.74) is 0.885. The van der Waals surface area contributed by atoms with E-state index < -0.39 is 10.8 Å². The van der Waals surface area contributed by atoms with Crippen molar-refractivity contribution in [2.75, 3.05) is 18.1 Å². The van der Waals surface area contributed by atoms with Crippen LogP contribution in [0.1, 0.15) is 6.92 Å². The summed E-state index contributed by atoms with van der Waals surface area (Å²) in [6.07, 6.45) is 1.69. The number of anilines is 1. The van der Waals surface area contributed by atoms with Crippen LogP contribution in [0.5, 0.6) is 0 Å². The summed E-state index contributed by atoms with van der Waals surface area (Å²) >= 11 is 0. The Balaban J connectivity index is 2.12. The number of rotatable bonds is 5. The number of tetrazole rings is 1. The first-order valence-electron chi connectivity index (χ1n) is 5.58. The Morgan fingerprint density at radius 3 is 2.78 bits per heavy atom. The molecule has 1 N–H and O–H groups in total. The molecular weight excluding hydrogens is 250 g/mol. The first-order valence-corrected chi connectivity index (χ1v) is 7.20. The fourth-order valence-electron chi connectivity index (χ4n) is 1.39. The molecule has 0 saturated carbocycles. The Bertz CT molecular complexity index is 527. The van der Waals surface area contributed by atoms with E-state index in [1.54, 1.807) is 10.9 Å². The van der Waals surface area contributed by atoms with E-state index in [1.807, 2.05) is 37.3 Å². The molecule has 1 aromatic carbocycles. The average Bonchev–Trinajstić information content (AvgIpc) is 2.85. The fraction of sp³-hybridized carbons (Fsp3) is 0.364. The molecule has 1 aromatic heterocycles. The molecule has 96 valence electrons. The standard InChI is InChI=1S/C11H15N5OS/c1-9(18(2)17)8-12-11-13-14-15-16(11)10-6-4-3-5-7-10/h3-7,9H,8H2,1-2H3,(H,12,13,15). The molecule has 18 heavy (non-hydrogen) atoms. The minimum atomic E-state index is -0.863. The van der Waals surface area contributed by atoms with Gasteiger partial charge in [-0.25, -0.2) is 0 Å². The molecule has 2 atom stereocenters. The molecule has 0 spiro atoms. The third-order valence-corrected chi connectivity index (χ3v) is 3.88. The van der Waals surface area contributed by atoms with Gasteiger partial charge in [0.1, 0.15) is 0 Å². The Kier molecular flexibility index (Phi) is 4.03. The van der Waals surface area contributed by atoms with Crippen LogP contribution < -0.4 is 5.32 Å². The van der Waals surface area contributed by atoms with Gasteiger partial charge in [-0.05, 0) is 29.5 Å². The smallest absolute Gasteiger partial charge is 0.247 e. The van der Waals surface area contributed by atoms with Crippen LogP contribution in [0.3, 0.4) is 0 Å². The lowest BCUT2D eigenvalue weighted by Gasteiger charge is -2.10. The quantitative estimate of drug-likeness (QED) is 0.867. The van der Waals surface area contributed by atoms with Crippen LogP contribution >= 0.6 is 0 Å². The van der Waals surface area contributed by atoms with Crippen molar-refractivity contribution in [3.63, 3.8) is 0 Å². The van der Waals surface area contributed by atoms with E-state index in [-0.39, 0.29) is 5.25 Å². The topological polar surface area (TPSA) is 72.7 Å². The Labute approximate surface area is 108 Å². The maximum atomic E-state index is 11.3. The van der Waals surface area contributed by atoms with Gasteiger partial charge in [-0.1, -0.05) is 23.3 Å². The highest BCUT2D eigenvalue weighted by Crippen LogP contribution is 2.10. The molecule has 0 radical (unpaired) electrons. The highest BCUT2D eigenvalue weighted by atomic mass is 32.2. The van der Waals surface area contributed by atoms with E-state index in [4.69, 9.17) is 0 Å². The highest BCUT2D eigenvalue weighted by Gasteiger charge is 2.10. The van der Waals surface area contributed by atoms with Gasteiger partial charge in [0.25, 0.3) is 0 Å².